The second kappa shape index (κ2) is 9.80. The summed E-state index contributed by atoms with van der Waals surface area (Å²) in [4.78, 5) is 0. The van der Waals surface area contributed by atoms with Crippen LogP contribution in [0.25, 0.3) is 0 Å². The van der Waals surface area contributed by atoms with Gasteiger partial charge in [0.25, 0.3) is 0 Å². The van der Waals surface area contributed by atoms with Crippen molar-refractivity contribution in [3.05, 3.63) is 0 Å². The molecule has 1 nitrogen and oxygen atoms in total. The zero-order valence-corrected chi connectivity index (χ0v) is 13.0. The van der Waals surface area contributed by atoms with Gasteiger partial charge in [0.2, 0.25) is 0 Å². The maximum absolute atomic E-state index is 4.04. The lowest BCUT2D eigenvalue weighted by Crippen LogP contribution is -2.38. The van der Waals surface area contributed by atoms with Crippen LogP contribution in [0.1, 0.15) is 103 Å². The minimum absolute atomic E-state index is 0.836. The maximum atomic E-state index is 4.04. The van der Waals surface area contributed by atoms with E-state index < -0.39 is 0 Å². The summed E-state index contributed by atoms with van der Waals surface area (Å²) in [6, 6.07) is 1.68. The SMILES string of the molecule is C1CCCCC(NC2CCCCCCC2)CCCC1. The van der Waals surface area contributed by atoms with Gasteiger partial charge in [-0.05, 0) is 25.7 Å². The number of hydrogen-bond donors (Lipinski definition) is 1. The van der Waals surface area contributed by atoms with Gasteiger partial charge >= 0.3 is 0 Å². The second-order valence-electron chi connectivity index (χ2n) is 6.96. The van der Waals surface area contributed by atoms with Gasteiger partial charge in [-0.3, -0.25) is 0 Å². The molecule has 112 valence electrons. The van der Waals surface area contributed by atoms with Crippen molar-refractivity contribution in [1.82, 2.24) is 5.32 Å². The molecule has 0 spiro atoms. The van der Waals surface area contributed by atoms with E-state index in [0.717, 1.165) is 12.1 Å². The fraction of sp³-hybridized carbons (Fsp3) is 1.00. The molecule has 0 saturated heterocycles. The van der Waals surface area contributed by atoms with Gasteiger partial charge in [-0.1, -0.05) is 77.0 Å². The van der Waals surface area contributed by atoms with Gasteiger partial charge in [0.05, 0.1) is 0 Å². The van der Waals surface area contributed by atoms with Crippen molar-refractivity contribution in [1.29, 1.82) is 0 Å². The summed E-state index contributed by atoms with van der Waals surface area (Å²) in [7, 11) is 0. The molecule has 0 unspecified atom stereocenters. The summed E-state index contributed by atoms with van der Waals surface area (Å²) in [5.41, 5.74) is 0. The third-order valence-corrected chi connectivity index (χ3v) is 5.18. The van der Waals surface area contributed by atoms with Crippen LogP contribution in [0.2, 0.25) is 0 Å². The van der Waals surface area contributed by atoms with E-state index in [9.17, 15) is 0 Å². The standard InChI is InChI=1S/C18H35N/c1-2-5-9-13-17(14-10-6-3-1)19-18-15-11-7-4-8-12-16-18/h17-19H,1-16H2. The van der Waals surface area contributed by atoms with E-state index in [0.29, 0.717) is 0 Å². The Labute approximate surface area is 120 Å². The highest BCUT2D eigenvalue weighted by atomic mass is 14.9. The first-order valence-electron chi connectivity index (χ1n) is 9.21. The highest BCUT2D eigenvalue weighted by Crippen LogP contribution is 2.21. The molecule has 2 saturated carbocycles. The number of hydrogen-bond acceptors (Lipinski definition) is 1. The average molecular weight is 265 g/mol. The monoisotopic (exact) mass is 265 g/mol. The molecule has 0 aromatic rings. The Kier molecular flexibility index (Phi) is 7.92. The summed E-state index contributed by atoms with van der Waals surface area (Å²) in [5, 5.41) is 4.04. The lowest BCUT2D eigenvalue weighted by atomic mass is 9.93. The Bertz CT molecular complexity index is 196. The highest BCUT2D eigenvalue weighted by molar-refractivity contribution is 4.76. The predicted molar refractivity (Wildman–Crippen MR) is 84.6 cm³/mol. The molecule has 0 amide bonds. The van der Waals surface area contributed by atoms with Crippen molar-refractivity contribution in [3.8, 4) is 0 Å². The van der Waals surface area contributed by atoms with Gasteiger partial charge in [0.15, 0.2) is 0 Å². The third-order valence-electron chi connectivity index (χ3n) is 5.18. The van der Waals surface area contributed by atoms with Gasteiger partial charge in [-0.25, -0.2) is 0 Å². The zero-order valence-electron chi connectivity index (χ0n) is 13.0. The molecular formula is C18H35N. The smallest absolute Gasteiger partial charge is 0.00696 e. The Morgan fingerprint density at radius 2 is 0.632 bits per heavy atom. The molecule has 0 radical (unpaired) electrons. The van der Waals surface area contributed by atoms with E-state index >= 15 is 0 Å². The maximum Gasteiger partial charge on any atom is 0.00696 e. The van der Waals surface area contributed by atoms with Crippen LogP contribution in [-0.2, 0) is 0 Å². The molecule has 2 rings (SSSR count). The minimum atomic E-state index is 0.836. The van der Waals surface area contributed by atoms with Crippen molar-refractivity contribution in [2.75, 3.05) is 0 Å². The summed E-state index contributed by atoms with van der Waals surface area (Å²) >= 11 is 0. The summed E-state index contributed by atoms with van der Waals surface area (Å²) in [5.74, 6) is 0. The van der Waals surface area contributed by atoms with Crippen molar-refractivity contribution >= 4 is 0 Å². The van der Waals surface area contributed by atoms with Gasteiger partial charge in [-0.2, -0.15) is 0 Å². The van der Waals surface area contributed by atoms with Crippen molar-refractivity contribution in [2.24, 2.45) is 0 Å². The Morgan fingerprint density at radius 1 is 0.368 bits per heavy atom. The summed E-state index contributed by atoms with van der Waals surface area (Å²) in [6.07, 6.45) is 23.4. The van der Waals surface area contributed by atoms with Crippen LogP contribution >= 0.6 is 0 Å². The van der Waals surface area contributed by atoms with E-state index in [1.54, 1.807) is 0 Å². The van der Waals surface area contributed by atoms with Crippen LogP contribution in [0.5, 0.6) is 0 Å². The van der Waals surface area contributed by atoms with Gasteiger partial charge < -0.3 is 5.32 Å². The Hall–Kier alpha value is -0.0400. The summed E-state index contributed by atoms with van der Waals surface area (Å²) < 4.78 is 0. The first-order chi connectivity index (χ1) is 9.45. The second-order valence-corrected chi connectivity index (χ2v) is 6.96. The molecule has 0 heterocycles. The lowest BCUT2D eigenvalue weighted by Gasteiger charge is -2.28. The fourth-order valence-electron chi connectivity index (χ4n) is 3.93. The molecule has 0 bridgehead atoms. The van der Waals surface area contributed by atoms with E-state index in [2.05, 4.69) is 5.32 Å². The molecule has 0 aromatic heterocycles. The fourth-order valence-corrected chi connectivity index (χ4v) is 3.93. The Balaban J connectivity index is 1.73. The van der Waals surface area contributed by atoms with Crippen molar-refractivity contribution in [3.63, 3.8) is 0 Å². The zero-order chi connectivity index (χ0) is 13.2. The molecule has 2 fully saturated rings. The Morgan fingerprint density at radius 3 is 0.947 bits per heavy atom. The van der Waals surface area contributed by atoms with E-state index in [4.69, 9.17) is 0 Å². The molecular weight excluding hydrogens is 230 g/mol. The van der Waals surface area contributed by atoms with Crippen LogP contribution in [0.4, 0.5) is 0 Å². The summed E-state index contributed by atoms with van der Waals surface area (Å²) in [6.45, 7) is 0. The molecule has 1 heteroatoms. The van der Waals surface area contributed by atoms with Gasteiger partial charge in [0.1, 0.15) is 0 Å². The molecule has 0 aromatic carbocycles. The number of nitrogens with one attached hydrogen (secondary N) is 1. The topological polar surface area (TPSA) is 12.0 Å². The molecule has 2 aliphatic carbocycles. The highest BCUT2D eigenvalue weighted by Gasteiger charge is 2.16. The average Bonchev–Trinajstić information content (AvgIpc) is 2.40. The quantitative estimate of drug-likeness (QED) is 0.687. The van der Waals surface area contributed by atoms with Crippen molar-refractivity contribution in [2.45, 2.75) is 115 Å². The first kappa shape index (κ1) is 15.4. The molecule has 0 aliphatic heterocycles. The van der Waals surface area contributed by atoms with Crippen LogP contribution in [-0.4, -0.2) is 12.1 Å². The largest absolute Gasteiger partial charge is 0.311 e. The molecule has 19 heavy (non-hydrogen) atoms. The van der Waals surface area contributed by atoms with Crippen molar-refractivity contribution < 1.29 is 0 Å². The molecule has 2 aliphatic rings. The van der Waals surface area contributed by atoms with Crippen LogP contribution in [0, 0.1) is 0 Å². The van der Waals surface area contributed by atoms with Crippen LogP contribution in [0.15, 0.2) is 0 Å². The van der Waals surface area contributed by atoms with Gasteiger partial charge in [-0.15, -0.1) is 0 Å². The predicted octanol–water partition coefficient (Wildman–Crippen LogP) is 5.58. The molecule has 1 N–H and O–H groups in total. The van der Waals surface area contributed by atoms with Crippen LogP contribution < -0.4 is 5.32 Å². The third kappa shape index (κ3) is 6.79. The van der Waals surface area contributed by atoms with E-state index in [-0.39, 0.29) is 0 Å². The minimum Gasteiger partial charge on any atom is -0.311 e. The van der Waals surface area contributed by atoms with Gasteiger partial charge in [0, 0.05) is 12.1 Å². The normalized spacial score (nSPS) is 26.5. The van der Waals surface area contributed by atoms with E-state index in [1.165, 1.54) is 103 Å². The first-order valence-corrected chi connectivity index (χ1v) is 9.21. The van der Waals surface area contributed by atoms with E-state index in [1.807, 2.05) is 0 Å². The lowest BCUT2D eigenvalue weighted by molar-refractivity contribution is 0.316. The van der Waals surface area contributed by atoms with Crippen LogP contribution in [0.3, 0.4) is 0 Å². The molecule has 0 atom stereocenters. The number of rotatable bonds is 2.